The molecule has 1 atom stereocenters. The highest BCUT2D eigenvalue weighted by atomic mass is 35.5. The molecule has 3 rings (SSSR count). The van der Waals surface area contributed by atoms with Crippen molar-refractivity contribution in [3.8, 4) is 0 Å². The number of anilines is 1. The summed E-state index contributed by atoms with van der Waals surface area (Å²) < 4.78 is 39.9. The van der Waals surface area contributed by atoms with Gasteiger partial charge in [0.05, 0.1) is 11.0 Å². The normalized spacial score (nSPS) is 12.3. The second-order valence-corrected chi connectivity index (χ2v) is 7.17. The van der Waals surface area contributed by atoms with Gasteiger partial charge in [0.1, 0.15) is 5.56 Å². The van der Waals surface area contributed by atoms with E-state index in [1.165, 1.54) is 6.07 Å². The summed E-state index contributed by atoms with van der Waals surface area (Å²) in [6, 6.07) is 17.0. The molecule has 0 aromatic heterocycles. The quantitative estimate of drug-likeness (QED) is 0.248. The first-order chi connectivity index (χ1) is 14.6. The van der Waals surface area contributed by atoms with Crippen LogP contribution in [0.25, 0.3) is 0 Å². The molecule has 0 saturated heterocycles. The first-order valence-corrected chi connectivity index (χ1v) is 9.49. The molecule has 31 heavy (non-hydrogen) atoms. The summed E-state index contributed by atoms with van der Waals surface area (Å²) in [7, 11) is 0. The van der Waals surface area contributed by atoms with Crippen molar-refractivity contribution in [2.45, 2.75) is 18.6 Å². The first kappa shape index (κ1) is 22.3. The van der Waals surface area contributed by atoms with Crippen LogP contribution in [0.4, 0.5) is 24.5 Å². The van der Waals surface area contributed by atoms with Crippen LogP contribution in [0.5, 0.6) is 0 Å². The lowest BCUT2D eigenvalue weighted by molar-refractivity contribution is -0.388. The second-order valence-electron chi connectivity index (χ2n) is 6.73. The molecule has 0 saturated carbocycles. The molecule has 0 aliphatic heterocycles. The van der Waals surface area contributed by atoms with Gasteiger partial charge in [-0.1, -0.05) is 41.9 Å². The van der Waals surface area contributed by atoms with Gasteiger partial charge in [0, 0.05) is 28.8 Å². The topological polar surface area (TPSA) is 72.2 Å². The number of nitrogens with one attached hydrogen (secondary N) is 1. The predicted octanol–water partition coefficient (Wildman–Crippen LogP) is 6.69. The number of carbonyl (C=O) groups is 1. The largest absolute Gasteiger partial charge is 0.423 e. The molecule has 0 heterocycles. The minimum atomic E-state index is -4.90. The van der Waals surface area contributed by atoms with Crippen LogP contribution in [0, 0.1) is 10.1 Å². The molecule has 0 aliphatic rings. The third-order valence-electron chi connectivity index (χ3n) is 4.60. The summed E-state index contributed by atoms with van der Waals surface area (Å²) in [5.74, 6) is -0.240. The van der Waals surface area contributed by atoms with Crippen molar-refractivity contribution in [3.05, 3.63) is 105 Å². The number of hydrogen-bond donors (Lipinski definition) is 1. The van der Waals surface area contributed by atoms with E-state index < -0.39 is 28.4 Å². The van der Waals surface area contributed by atoms with Crippen molar-refractivity contribution >= 4 is 28.8 Å². The number of halogens is 4. The van der Waals surface area contributed by atoms with Crippen LogP contribution in [0.1, 0.15) is 33.9 Å². The molecule has 0 radical (unpaired) electrons. The summed E-state index contributed by atoms with van der Waals surface area (Å²) in [5.41, 5.74) is -1.30. The second kappa shape index (κ2) is 9.18. The van der Waals surface area contributed by atoms with Gasteiger partial charge in [-0.25, -0.2) is 0 Å². The maximum atomic E-state index is 13.3. The Bertz CT molecular complexity index is 1090. The summed E-state index contributed by atoms with van der Waals surface area (Å²) in [6.45, 7) is 0. The predicted molar refractivity (Wildman–Crippen MR) is 111 cm³/mol. The van der Waals surface area contributed by atoms with Crippen LogP contribution in [0.3, 0.4) is 0 Å². The fraction of sp³-hybridized carbons (Fsp3) is 0.136. The SMILES string of the molecule is O=C(CC(Nc1ccc([N+](=O)[O-])c(C(F)(F)F)c1)c1ccccc1)c1ccc(Cl)cc1. The van der Waals surface area contributed by atoms with Crippen LogP contribution in [-0.4, -0.2) is 10.7 Å². The highest BCUT2D eigenvalue weighted by Crippen LogP contribution is 2.38. The molecule has 9 heteroatoms. The van der Waals surface area contributed by atoms with Gasteiger partial charge in [-0.2, -0.15) is 13.2 Å². The van der Waals surface area contributed by atoms with Crippen molar-refractivity contribution in [2.75, 3.05) is 5.32 Å². The number of benzene rings is 3. The fourth-order valence-corrected chi connectivity index (χ4v) is 3.22. The van der Waals surface area contributed by atoms with Crippen molar-refractivity contribution in [1.29, 1.82) is 0 Å². The Kier molecular flexibility index (Phi) is 6.60. The molecule has 3 aromatic carbocycles. The number of rotatable bonds is 7. The first-order valence-electron chi connectivity index (χ1n) is 9.11. The molecule has 0 bridgehead atoms. The number of ketones is 1. The number of nitro groups is 1. The van der Waals surface area contributed by atoms with Gasteiger partial charge in [-0.3, -0.25) is 14.9 Å². The van der Waals surface area contributed by atoms with Crippen LogP contribution < -0.4 is 5.32 Å². The molecular weight excluding hydrogens is 433 g/mol. The van der Waals surface area contributed by atoms with Crippen molar-refractivity contribution in [2.24, 2.45) is 0 Å². The zero-order valence-corrected chi connectivity index (χ0v) is 16.7. The molecule has 0 amide bonds. The van der Waals surface area contributed by atoms with E-state index in [2.05, 4.69) is 5.32 Å². The summed E-state index contributed by atoms with van der Waals surface area (Å²) >= 11 is 5.85. The third-order valence-corrected chi connectivity index (χ3v) is 4.85. The van der Waals surface area contributed by atoms with Crippen molar-refractivity contribution in [3.63, 3.8) is 0 Å². The van der Waals surface area contributed by atoms with E-state index in [0.29, 0.717) is 22.2 Å². The standard InChI is InChI=1S/C22H16ClF3N2O3/c23-16-8-6-15(7-9-16)21(29)13-19(14-4-2-1-3-5-14)27-17-10-11-20(28(30)31)18(12-17)22(24,25)26/h1-12,19,27H,13H2. The molecule has 1 N–H and O–H groups in total. The van der Waals surface area contributed by atoms with E-state index in [-0.39, 0.29) is 17.9 Å². The van der Waals surface area contributed by atoms with Crippen LogP contribution >= 0.6 is 11.6 Å². The molecule has 0 aliphatic carbocycles. The number of Topliss-reactive ketones (excluding diaryl/α,β-unsaturated/α-hetero) is 1. The van der Waals surface area contributed by atoms with E-state index in [1.807, 2.05) is 0 Å². The Morgan fingerprint density at radius 2 is 1.68 bits per heavy atom. The number of alkyl halides is 3. The van der Waals surface area contributed by atoms with Gasteiger partial charge >= 0.3 is 6.18 Å². The van der Waals surface area contributed by atoms with E-state index >= 15 is 0 Å². The highest BCUT2D eigenvalue weighted by molar-refractivity contribution is 6.30. The summed E-state index contributed by atoms with van der Waals surface area (Å²) in [4.78, 5) is 22.6. The Labute approximate surface area is 180 Å². The Morgan fingerprint density at radius 3 is 2.26 bits per heavy atom. The maximum absolute atomic E-state index is 13.3. The Balaban J connectivity index is 1.93. The van der Waals surface area contributed by atoms with Crippen molar-refractivity contribution in [1.82, 2.24) is 0 Å². The van der Waals surface area contributed by atoms with Crippen LogP contribution in [0.15, 0.2) is 72.8 Å². The van der Waals surface area contributed by atoms with Crippen LogP contribution in [-0.2, 0) is 6.18 Å². The molecule has 160 valence electrons. The lowest BCUT2D eigenvalue weighted by Gasteiger charge is -2.21. The van der Waals surface area contributed by atoms with Gasteiger partial charge in [0.25, 0.3) is 5.69 Å². The average molecular weight is 449 g/mol. The lowest BCUT2D eigenvalue weighted by atomic mass is 9.97. The summed E-state index contributed by atoms with van der Waals surface area (Å²) in [5, 5.41) is 14.4. The molecule has 0 fully saturated rings. The number of carbonyl (C=O) groups excluding carboxylic acids is 1. The van der Waals surface area contributed by atoms with Gasteiger partial charge < -0.3 is 5.32 Å². The van der Waals surface area contributed by atoms with Gasteiger partial charge in [-0.15, -0.1) is 0 Å². The van der Waals surface area contributed by atoms with Gasteiger partial charge in [0.2, 0.25) is 0 Å². The van der Waals surface area contributed by atoms with Gasteiger partial charge in [-0.05, 0) is 42.0 Å². The number of hydrogen-bond acceptors (Lipinski definition) is 4. The minimum absolute atomic E-state index is 0.00989. The highest BCUT2D eigenvalue weighted by Gasteiger charge is 2.38. The fourth-order valence-electron chi connectivity index (χ4n) is 3.09. The van der Waals surface area contributed by atoms with Crippen molar-refractivity contribution < 1.29 is 22.9 Å². The third kappa shape index (κ3) is 5.61. The summed E-state index contributed by atoms with van der Waals surface area (Å²) in [6.07, 6.45) is -4.95. The molecule has 5 nitrogen and oxygen atoms in total. The smallest absolute Gasteiger partial charge is 0.378 e. The number of nitrogens with zero attached hydrogens (tertiary/aromatic N) is 1. The minimum Gasteiger partial charge on any atom is -0.378 e. The zero-order chi connectivity index (χ0) is 22.6. The Hall–Kier alpha value is -3.39. The monoisotopic (exact) mass is 448 g/mol. The maximum Gasteiger partial charge on any atom is 0.423 e. The molecule has 1 unspecified atom stereocenters. The van der Waals surface area contributed by atoms with E-state index in [0.717, 1.165) is 6.07 Å². The number of nitro benzene ring substituents is 1. The molecule has 3 aromatic rings. The lowest BCUT2D eigenvalue weighted by Crippen LogP contribution is -2.17. The molecule has 0 spiro atoms. The molecular formula is C22H16ClF3N2O3. The van der Waals surface area contributed by atoms with E-state index in [9.17, 15) is 28.1 Å². The average Bonchev–Trinajstić information content (AvgIpc) is 2.73. The van der Waals surface area contributed by atoms with Crippen LogP contribution in [0.2, 0.25) is 5.02 Å². The van der Waals surface area contributed by atoms with Gasteiger partial charge in [0.15, 0.2) is 5.78 Å². The Morgan fingerprint density at radius 1 is 1.03 bits per heavy atom. The van der Waals surface area contributed by atoms with E-state index in [4.69, 9.17) is 11.6 Å². The van der Waals surface area contributed by atoms with E-state index in [1.54, 1.807) is 54.6 Å². The zero-order valence-electron chi connectivity index (χ0n) is 15.9.